The lowest BCUT2D eigenvalue weighted by Crippen LogP contribution is -2.52. The minimum Gasteiger partial charge on any atom is -0.337 e. The number of likely N-dealkylation sites (tertiary alicyclic amines) is 1. The van der Waals surface area contributed by atoms with Crippen molar-refractivity contribution in [2.24, 2.45) is 11.3 Å². The van der Waals surface area contributed by atoms with Crippen LogP contribution in [0.25, 0.3) is 0 Å². The lowest BCUT2D eigenvalue weighted by Gasteiger charge is -2.45. The van der Waals surface area contributed by atoms with Crippen molar-refractivity contribution in [3.8, 4) is 0 Å². The van der Waals surface area contributed by atoms with E-state index in [9.17, 15) is 13.6 Å². The Kier molecular flexibility index (Phi) is 4.67. The van der Waals surface area contributed by atoms with E-state index in [-0.39, 0.29) is 17.8 Å². The van der Waals surface area contributed by atoms with E-state index in [1.54, 1.807) is 13.8 Å². The molecule has 2 heterocycles. The van der Waals surface area contributed by atoms with Crippen LogP contribution < -0.4 is 5.32 Å². The summed E-state index contributed by atoms with van der Waals surface area (Å²) in [5.41, 5.74) is 0.238. The number of carbonyl (C=O) groups excluding carboxylic acids is 1. The Morgan fingerprint density at radius 2 is 1.95 bits per heavy atom. The van der Waals surface area contributed by atoms with Gasteiger partial charge in [0.15, 0.2) is 0 Å². The second-order valence-corrected chi connectivity index (χ2v) is 6.87. The number of amides is 1. The van der Waals surface area contributed by atoms with Gasteiger partial charge in [0.1, 0.15) is 0 Å². The minimum atomic E-state index is -3.20. The summed E-state index contributed by atoms with van der Waals surface area (Å²) >= 11 is 0. The summed E-state index contributed by atoms with van der Waals surface area (Å²) in [5.74, 6) is -4.35. The van der Waals surface area contributed by atoms with Gasteiger partial charge in [0.25, 0.3) is 5.91 Å². The Morgan fingerprint density at radius 3 is 2.45 bits per heavy atom. The second-order valence-electron chi connectivity index (χ2n) is 6.87. The van der Waals surface area contributed by atoms with Gasteiger partial charge in [0, 0.05) is 26.1 Å². The van der Waals surface area contributed by atoms with Crippen LogP contribution in [0.15, 0.2) is 0 Å². The molecule has 2 aliphatic rings. The summed E-state index contributed by atoms with van der Waals surface area (Å²) in [6, 6.07) is 0. The fraction of sp³-hybridized carbons (Fsp3) is 0.933. The molecule has 3 nitrogen and oxygen atoms in total. The predicted octanol–water partition coefficient (Wildman–Crippen LogP) is 2.66. The number of alkyl halides is 2. The molecule has 2 fully saturated rings. The number of piperidine rings is 2. The van der Waals surface area contributed by atoms with Gasteiger partial charge in [0.2, 0.25) is 0 Å². The van der Waals surface area contributed by atoms with Crippen LogP contribution in [0.4, 0.5) is 8.78 Å². The van der Waals surface area contributed by atoms with E-state index in [0.717, 1.165) is 38.8 Å². The molecule has 2 aliphatic heterocycles. The zero-order valence-corrected chi connectivity index (χ0v) is 12.6. The molecule has 0 aliphatic carbocycles. The van der Waals surface area contributed by atoms with Crippen molar-refractivity contribution in [1.29, 1.82) is 0 Å². The Balaban J connectivity index is 1.91. The van der Waals surface area contributed by atoms with Crippen molar-refractivity contribution in [2.75, 3.05) is 26.2 Å². The first-order valence-electron chi connectivity index (χ1n) is 7.73. The Morgan fingerprint density at radius 1 is 1.30 bits per heavy atom. The summed E-state index contributed by atoms with van der Waals surface area (Å²) in [6.45, 7) is 6.43. The number of halogens is 2. The van der Waals surface area contributed by atoms with Gasteiger partial charge in [-0.05, 0) is 43.6 Å². The normalized spacial score (nSPS) is 23.4. The van der Waals surface area contributed by atoms with E-state index in [4.69, 9.17) is 0 Å². The molecule has 2 saturated heterocycles. The van der Waals surface area contributed by atoms with E-state index >= 15 is 0 Å². The number of nitrogens with one attached hydrogen (secondary N) is 1. The van der Waals surface area contributed by atoms with Gasteiger partial charge in [-0.2, -0.15) is 8.78 Å². The van der Waals surface area contributed by atoms with Crippen LogP contribution in [0.2, 0.25) is 0 Å². The Hall–Kier alpha value is -0.710. The molecule has 2 rings (SSSR count). The maximum atomic E-state index is 13.9. The van der Waals surface area contributed by atoms with Gasteiger partial charge in [-0.25, -0.2) is 0 Å². The van der Waals surface area contributed by atoms with Crippen molar-refractivity contribution in [2.45, 2.75) is 51.9 Å². The van der Waals surface area contributed by atoms with Crippen molar-refractivity contribution in [3.63, 3.8) is 0 Å². The van der Waals surface area contributed by atoms with E-state index in [2.05, 4.69) is 5.32 Å². The molecule has 0 aromatic rings. The van der Waals surface area contributed by atoms with Crippen LogP contribution in [0, 0.1) is 11.3 Å². The molecule has 0 saturated carbocycles. The van der Waals surface area contributed by atoms with E-state index in [1.807, 2.05) is 0 Å². The molecule has 0 atom stereocenters. The fourth-order valence-corrected chi connectivity index (χ4v) is 3.47. The third-order valence-electron chi connectivity index (χ3n) is 4.65. The zero-order chi connectivity index (χ0) is 14.8. The van der Waals surface area contributed by atoms with E-state index in [1.165, 1.54) is 4.90 Å². The number of hydrogen-bond donors (Lipinski definition) is 1. The van der Waals surface area contributed by atoms with Gasteiger partial charge in [0.05, 0.1) is 0 Å². The number of hydrogen-bond acceptors (Lipinski definition) is 2. The smallest absolute Gasteiger partial charge is 0.325 e. The minimum absolute atomic E-state index is 0.173. The molecule has 0 aromatic carbocycles. The summed E-state index contributed by atoms with van der Waals surface area (Å²) in [5, 5.41) is 3.39. The highest BCUT2D eigenvalue weighted by Gasteiger charge is 2.45. The lowest BCUT2D eigenvalue weighted by molar-refractivity contribution is -0.162. The molecular formula is C15H26F2N2O. The second kappa shape index (κ2) is 5.96. The van der Waals surface area contributed by atoms with Crippen LogP contribution >= 0.6 is 0 Å². The van der Waals surface area contributed by atoms with Gasteiger partial charge >= 0.3 is 5.92 Å². The number of carbonyl (C=O) groups is 1. The first kappa shape index (κ1) is 15.7. The van der Waals surface area contributed by atoms with Gasteiger partial charge in [-0.15, -0.1) is 0 Å². The van der Waals surface area contributed by atoms with E-state index < -0.39 is 11.8 Å². The van der Waals surface area contributed by atoms with Crippen molar-refractivity contribution in [1.82, 2.24) is 10.2 Å². The largest absolute Gasteiger partial charge is 0.337 e. The quantitative estimate of drug-likeness (QED) is 0.866. The SMILES string of the molecule is CC(C)CC(F)(F)C(=O)N1CCC2(CCCNC2)CC1. The summed E-state index contributed by atoms with van der Waals surface area (Å²) in [4.78, 5) is 13.4. The van der Waals surface area contributed by atoms with Crippen LogP contribution in [-0.2, 0) is 4.79 Å². The first-order chi connectivity index (χ1) is 9.35. The summed E-state index contributed by atoms with van der Waals surface area (Å²) in [6.07, 6.45) is 3.66. The Bertz CT molecular complexity index is 342. The maximum Gasteiger partial charge on any atom is 0.325 e. The average Bonchev–Trinajstić information content (AvgIpc) is 2.38. The molecule has 5 heteroatoms. The molecule has 0 bridgehead atoms. The summed E-state index contributed by atoms with van der Waals surface area (Å²) < 4.78 is 27.8. The fourth-order valence-electron chi connectivity index (χ4n) is 3.47. The molecule has 0 radical (unpaired) electrons. The molecule has 20 heavy (non-hydrogen) atoms. The molecule has 1 spiro atoms. The molecule has 0 unspecified atom stereocenters. The number of nitrogens with zero attached hydrogens (tertiary/aromatic N) is 1. The summed E-state index contributed by atoms with van der Waals surface area (Å²) in [7, 11) is 0. The Labute approximate surface area is 120 Å². The maximum absolute atomic E-state index is 13.9. The molecule has 116 valence electrons. The van der Waals surface area contributed by atoms with Gasteiger partial charge in [-0.1, -0.05) is 13.8 Å². The zero-order valence-electron chi connectivity index (χ0n) is 12.6. The van der Waals surface area contributed by atoms with Crippen LogP contribution in [0.1, 0.15) is 46.0 Å². The molecular weight excluding hydrogens is 262 g/mol. The highest BCUT2D eigenvalue weighted by molar-refractivity contribution is 5.83. The standard InChI is InChI=1S/C15H26F2N2O/c1-12(2)10-15(16,17)13(20)19-8-5-14(6-9-19)4-3-7-18-11-14/h12,18H,3-11H2,1-2H3. The van der Waals surface area contributed by atoms with Gasteiger partial charge < -0.3 is 10.2 Å². The van der Waals surface area contributed by atoms with E-state index in [0.29, 0.717) is 13.1 Å². The molecule has 0 aromatic heterocycles. The molecule has 1 N–H and O–H groups in total. The first-order valence-corrected chi connectivity index (χ1v) is 7.73. The highest BCUT2D eigenvalue weighted by atomic mass is 19.3. The van der Waals surface area contributed by atoms with Crippen molar-refractivity contribution in [3.05, 3.63) is 0 Å². The van der Waals surface area contributed by atoms with Crippen LogP contribution in [0.3, 0.4) is 0 Å². The third-order valence-corrected chi connectivity index (χ3v) is 4.65. The van der Waals surface area contributed by atoms with Crippen molar-refractivity contribution >= 4 is 5.91 Å². The van der Waals surface area contributed by atoms with Gasteiger partial charge in [-0.3, -0.25) is 4.79 Å². The average molecular weight is 288 g/mol. The van der Waals surface area contributed by atoms with Crippen LogP contribution in [-0.4, -0.2) is 42.9 Å². The number of rotatable bonds is 3. The predicted molar refractivity (Wildman–Crippen MR) is 74.8 cm³/mol. The van der Waals surface area contributed by atoms with Crippen molar-refractivity contribution < 1.29 is 13.6 Å². The highest BCUT2D eigenvalue weighted by Crippen LogP contribution is 2.38. The third kappa shape index (κ3) is 3.48. The van der Waals surface area contributed by atoms with Crippen LogP contribution in [0.5, 0.6) is 0 Å². The topological polar surface area (TPSA) is 32.3 Å². The monoisotopic (exact) mass is 288 g/mol. The molecule has 1 amide bonds. The lowest BCUT2D eigenvalue weighted by atomic mass is 9.73.